The van der Waals surface area contributed by atoms with Crippen molar-refractivity contribution in [3.8, 4) is 5.75 Å². The van der Waals surface area contributed by atoms with E-state index in [1.165, 1.54) is 0 Å². The largest absolute Gasteiger partial charge is 0.507 e. The molecule has 1 heterocycles. The summed E-state index contributed by atoms with van der Waals surface area (Å²) in [5.41, 5.74) is 3.36. The lowest BCUT2D eigenvalue weighted by Gasteiger charge is -2.26. The molecule has 0 radical (unpaired) electrons. The highest BCUT2D eigenvalue weighted by molar-refractivity contribution is 6.46. The number of ketones is 1. The summed E-state index contributed by atoms with van der Waals surface area (Å²) in [5, 5.41) is 11.4. The zero-order chi connectivity index (χ0) is 26.5. The Morgan fingerprint density at radius 3 is 2.31 bits per heavy atom. The summed E-state index contributed by atoms with van der Waals surface area (Å²) in [5.74, 6) is -0.699. The number of carbonyl (C=O) groups excluding carboxylic acids is 2. The first kappa shape index (κ1) is 27.5. The van der Waals surface area contributed by atoms with Crippen LogP contribution in [0.5, 0.6) is 5.75 Å². The molecule has 0 bridgehead atoms. The van der Waals surface area contributed by atoms with Crippen LogP contribution in [-0.2, 0) is 19.7 Å². The van der Waals surface area contributed by atoms with Gasteiger partial charge in [0.2, 0.25) is 0 Å². The van der Waals surface area contributed by atoms with Crippen LogP contribution in [0.15, 0.2) is 48.0 Å². The van der Waals surface area contributed by atoms with E-state index in [-0.39, 0.29) is 16.7 Å². The third-order valence-corrected chi connectivity index (χ3v) is 6.58. The number of carbonyl (C=O) groups is 2. The molecule has 6 nitrogen and oxygen atoms in total. The molecule has 1 atom stereocenters. The fourth-order valence-electron chi connectivity index (χ4n) is 4.44. The van der Waals surface area contributed by atoms with Gasteiger partial charge in [-0.2, -0.15) is 0 Å². The van der Waals surface area contributed by atoms with Crippen molar-refractivity contribution in [2.24, 2.45) is 0 Å². The van der Waals surface area contributed by atoms with Crippen molar-refractivity contribution in [1.29, 1.82) is 0 Å². The van der Waals surface area contributed by atoms with Crippen LogP contribution < -0.4 is 4.74 Å². The van der Waals surface area contributed by atoms with Crippen LogP contribution in [0.3, 0.4) is 0 Å². The second-order valence-corrected chi connectivity index (χ2v) is 10.4. The lowest BCUT2D eigenvalue weighted by atomic mass is 9.85. The normalized spacial score (nSPS) is 17.6. The predicted octanol–water partition coefficient (Wildman–Crippen LogP) is 5.93. The minimum atomic E-state index is -0.671. The van der Waals surface area contributed by atoms with E-state index in [0.29, 0.717) is 31.7 Å². The van der Waals surface area contributed by atoms with Crippen molar-refractivity contribution in [3.63, 3.8) is 0 Å². The quantitative estimate of drug-likeness (QED) is 0.192. The molecule has 2 aromatic rings. The van der Waals surface area contributed by atoms with Crippen LogP contribution >= 0.6 is 0 Å². The maximum atomic E-state index is 13.2. The number of aryl methyl sites for hydroxylation is 1. The maximum absolute atomic E-state index is 13.2. The van der Waals surface area contributed by atoms with E-state index in [1.807, 2.05) is 37.3 Å². The molecule has 1 N–H and O–H groups in total. The Balaban J connectivity index is 2.05. The van der Waals surface area contributed by atoms with E-state index in [1.54, 1.807) is 24.1 Å². The number of nitrogens with zero attached hydrogens (tertiary/aromatic N) is 1. The summed E-state index contributed by atoms with van der Waals surface area (Å²) >= 11 is 0. The van der Waals surface area contributed by atoms with E-state index in [2.05, 4.69) is 27.7 Å². The number of rotatable bonds is 10. The first-order chi connectivity index (χ1) is 17.1. The van der Waals surface area contributed by atoms with Gasteiger partial charge in [-0.1, -0.05) is 58.4 Å². The van der Waals surface area contributed by atoms with Crippen LogP contribution in [0.1, 0.15) is 75.3 Å². The predicted molar refractivity (Wildman–Crippen MR) is 142 cm³/mol. The summed E-state index contributed by atoms with van der Waals surface area (Å²) < 4.78 is 11.0. The molecule has 0 spiro atoms. The van der Waals surface area contributed by atoms with Gasteiger partial charge in [-0.3, -0.25) is 9.59 Å². The lowest BCUT2D eigenvalue weighted by molar-refractivity contribution is -0.140. The lowest BCUT2D eigenvalue weighted by Crippen LogP contribution is -2.31. The number of likely N-dealkylation sites (tertiary alicyclic amines) is 1. The Bertz CT molecular complexity index is 1110. The Hall–Kier alpha value is -3.12. The summed E-state index contributed by atoms with van der Waals surface area (Å²) in [6.07, 6.45) is 2.59. The highest BCUT2D eigenvalue weighted by Gasteiger charge is 2.45. The van der Waals surface area contributed by atoms with Crippen molar-refractivity contribution < 1.29 is 24.2 Å². The minimum Gasteiger partial charge on any atom is -0.507 e. The molecule has 1 fully saturated rings. The van der Waals surface area contributed by atoms with Crippen LogP contribution in [0, 0.1) is 6.92 Å². The average Bonchev–Trinajstić information content (AvgIpc) is 3.09. The van der Waals surface area contributed by atoms with Gasteiger partial charge in [-0.15, -0.1) is 0 Å². The van der Waals surface area contributed by atoms with Crippen molar-refractivity contribution in [1.82, 2.24) is 4.90 Å². The number of Topliss-reactive ketones (excluding diaryl/α,β-unsaturated/α-hetero) is 1. The molecule has 0 aromatic heterocycles. The molecule has 0 aliphatic carbocycles. The molecule has 194 valence electrons. The van der Waals surface area contributed by atoms with E-state index in [0.717, 1.165) is 35.3 Å². The highest BCUT2D eigenvalue weighted by atomic mass is 16.5. The van der Waals surface area contributed by atoms with E-state index < -0.39 is 17.7 Å². The topological polar surface area (TPSA) is 76.1 Å². The number of hydrogen-bond donors (Lipinski definition) is 1. The molecule has 1 saturated heterocycles. The van der Waals surface area contributed by atoms with Gasteiger partial charge in [0.25, 0.3) is 11.7 Å². The molecular formula is C30H39NO5. The summed E-state index contributed by atoms with van der Waals surface area (Å²) in [4.78, 5) is 27.9. The monoisotopic (exact) mass is 493 g/mol. The molecule has 0 unspecified atom stereocenters. The van der Waals surface area contributed by atoms with Gasteiger partial charge in [-0.25, -0.2) is 0 Å². The molecule has 0 saturated carbocycles. The molecule has 1 amide bonds. The van der Waals surface area contributed by atoms with Gasteiger partial charge in [0, 0.05) is 25.8 Å². The SMILES string of the molecule is CCCCOc1ccc(/C(O)=C2\C(=O)C(=O)N(CCCOC)[C@@H]2c2ccc(C(C)(C)C)cc2)cc1C. The number of aliphatic hydroxyl groups is 1. The van der Waals surface area contributed by atoms with Gasteiger partial charge in [0.15, 0.2) is 0 Å². The van der Waals surface area contributed by atoms with Gasteiger partial charge < -0.3 is 19.5 Å². The smallest absolute Gasteiger partial charge is 0.295 e. The number of ether oxygens (including phenoxy) is 2. The fraction of sp³-hybridized carbons (Fsp3) is 0.467. The van der Waals surface area contributed by atoms with Crippen molar-refractivity contribution in [3.05, 3.63) is 70.3 Å². The van der Waals surface area contributed by atoms with Crippen LogP contribution in [-0.4, -0.2) is 48.6 Å². The van der Waals surface area contributed by atoms with E-state index >= 15 is 0 Å². The van der Waals surface area contributed by atoms with E-state index in [4.69, 9.17) is 9.47 Å². The van der Waals surface area contributed by atoms with Crippen molar-refractivity contribution in [2.45, 2.75) is 65.3 Å². The number of amides is 1. The summed E-state index contributed by atoms with van der Waals surface area (Å²) in [7, 11) is 1.61. The maximum Gasteiger partial charge on any atom is 0.295 e. The van der Waals surface area contributed by atoms with Crippen LogP contribution in [0.4, 0.5) is 0 Å². The molecule has 6 heteroatoms. The first-order valence-electron chi connectivity index (χ1n) is 12.7. The number of unbranched alkanes of at least 4 members (excludes halogenated alkanes) is 1. The van der Waals surface area contributed by atoms with Gasteiger partial charge in [-0.05, 0) is 60.1 Å². The van der Waals surface area contributed by atoms with Gasteiger partial charge >= 0.3 is 0 Å². The number of benzene rings is 2. The minimum absolute atomic E-state index is 0.0305. The fourth-order valence-corrected chi connectivity index (χ4v) is 4.44. The Kier molecular flexibility index (Phi) is 8.96. The second-order valence-electron chi connectivity index (χ2n) is 10.4. The Labute approximate surface area is 214 Å². The van der Waals surface area contributed by atoms with Crippen molar-refractivity contribution >= 4 is 17.4 Å². The van der Waals surface area contributed by atoms with Crippen LogP contribution in [0.2, 0.25) is 0 Å². The molecule has 36 heavy (non-hydrogen) atoms. The summed E-state index contributed by atoms with van der Waals surface area (Å²) in [6.45, 7) is 11.9. The first-order valence-corrected chi connectivity index (χ1v) is 12.7. The standard InChI is InChI=1S/C30H39NO5/c1-7-8-18-36-24-15-12-22(19-20(24)2)27(32)25-26(21-10-13-23(14-11-21)30(3,4)5)31(16-9-17-35-6)29(34)28(25)33/h10-15,19,26,32H,7-9,16-18H2,1-6H3/b27-25+/t26-/m1/s1. The Morgan fingerprint density at radius 2 is 1.72 bits per heavy atom. The number of hydrogen-bond acceptors (Lipinski definition) is 5. The van der Waals surface area contributed by atoms with E-state index in [9.17, 15) is 14.7 Å². The average molecular weight is 494 g/mol. The highest BCUT2D eigenvalue weighted by Crippen LogP contribution is 2.40. The molecule has 1 aliphatic rings. The van der Waals surface area contributed by atoms with Crippen molar-refractivity contribution in [2.75, 3.05) is 26.9 Å². The zero-order valence-electron chi connectivity index (χ0n) is 22.4. The molecular weight excluding hydrogens is 454 g/mol. The third-order valence-electron chi connectivity index (χ3n) is 6.58. The zero-order valence-corrected chi connectivity index (χ0v) is 22.4. The molecule has 2 aromatic carbocycles. The molecule has 3 rings (SSSR count). The Morgan fingerprint density at radius 1 is 1.03 bits per heavy atom. The molecule has 1 aliphatic heterocycles. The second kappa shape index (κ2) is 11.7. The third kappa shape index (κ3) is 5.98. The number of methoxy groups -OCH3 is 1. The number of aliphatic hydroxyl groups excluding tert-OH is 1. The summed E-state index contributed by atoms with van der Waals surface area (Å²) in [6, 6.07) is 12.6. The van der Waals surface area contributed by atoms with Gasteiger partial charge in [0.1, 0.15) is 11.5 Å². The van der Waals surface area contributed by atoms with Crippen LogP contribution in [0.25, 0.3) is 5.76 Å². The van der Waals surface area contributed by atoms with Gasteiger partial charge in [0.05, 0.1) is 18.2 Å².